The van der Waals surface area contributed by atoms with E-state index < -0.39 is 5.60 Å². The number of fused-ring (bicyclic) bond motifs is 5. The maximum Gasteiger partial charge on any atom is 0.0817 e. The summed E-state index contributed by atoms with van der Waals surface area (Å²) in [5.41, 5.74) is 3.15. The van der Waals surface area contributed by atoms with Crippen molar-refractivity contribution in [1.82, 2.24) is 0 Å². The van der Waals surface area contributed by atoms with Crippen LogP contribution in [0.5, 0.6) is 0 Å². The molecule has 3 fully saturated rings. The van der Waals surface area contributed by atoms with Crippen LogP contribution in [-0.4, -0.2) is 34.2 Å². The monoisotopic (exact) mass is 413 g/mol. The van der Waals surface area contributed by atoms with Gasteiger partial charge >= 0.3 is 0 Å². The zero-order chi connectivity index (χ0) is 21.3. The summed E-state index contributed by atoms with van der Waals surface area (Å²) in [7, 11) is 0. The third kappa shape index (κ3) is 3.17. The summed E-state index contributed by atoms with van der Waals surface area (Å²) in [4.78, 5) is 4.88. The van der Waals surface area contributed by atoms with E-state index in [1.807, 2.05) is 6.92 Å². The summed E-state index contributed by atoms with van der Waals surface area (Å²) in [5.74, 6) is 3.80. The smallest absolute Gasteiger partial charge is 0.0817 e. The first-order valence-electron chi connectivity index (χ1n) is 12.8. The molecule has 0 radical (unpaired) electrons. The predicted molar refractivity (Wildman–Crippen MR) is 123 cm³/mol. The molecule has 2 N–H and O–H groups in total. The maximum absolute atomic E-state index is 10.3. The maximum atomic E-state index is 10.3. The van der Waals surface area contributed by atoms with Gasteiger partial charge in [0.15, 0.2) is 0 Å². The number of allylic oxidation sites excluding steroid dienone is 1. The van der Waals surface area contributed by atoms with E-state index in [1.165, 1.54) is 44.2 Å². The van der Waals surface area contributed by atoms with Gasteiger partial charge in [-0.15, -0.1) is 0 Å². The Kier molecular flexibility index (Phi) is 5.06. The first kappa shape index (κ1) is 21.2. The molecule has 3 nitrogen and oxygen atoms in total. The Bertz CT molecular complexity index is 754. The van der Waals surface area contributed by atoms with Crippen molar-refractivity contribution in [3.63, 3.8) is 0 Å². The van der Waals surface area contributed by atoms with Crippen molar-refractivity contribution in [3.8, 4) is 0 Å². The van der Waals surface area contributed by atoms with Gasteiger partial charge in [-0.2, -0.15) is 0 Å². The molecule has 3 saturated carbocycles. The predicted octanol–water partition coefficient (Wildman–Crippen LogP) is 5.55. The second-order valence-corrected chi connectivity index (χ2v) is 12.5. The Balaban J connectivity index is 1.37. The molecule has 0 saturated heterocycles. The van der Waals surface area contributed by atoms with E-state index >= 15 is 0 Å². The van der Waals surface area contributed by atoms with Gasteiger partial charge in [0.2, 0.25) is 0 Å². The van der Waals surface area contributed by atoms with E-state index in [9.17, 15) is 10.2 Å². The van der Waals surface area contributed by atoms with Crippen molar-refractivity contribution in [3.05, 3.63) is 11.6 Å². The fourth-order valence-corrected chi connectivity index (χ4v) is 8.93. The highest BCUT2D eigenvalue weighted by Gasteiger charge is 2.59. The number of rotatable bonds is 2. The molecule has 5 rings (SSSR count). The van der Waals surface area contributed by atoms with Crippen molar-refractivity contribution in [2.24, 2.45) is 45.4 Å². The highest BCUT2D eigenvalue weighted by molar-refractivity contribution is 5.87. The van der Waals surface area contributed by atoms with Crippen molar-refractivity contribution >= 4 is 5.71 Å². The van der Waals surface area contributed by atoms with Crippen LogP contribution >= 0.6 is 0 Å². The van der Waals surface area contributed by atoms with Gasteiger partial charge in [0.25, 0.3) is 0 Å². The fourth-order valence-electron chi connectivity index (χ4n) is 8.93. The molecule has 0 unspecified atom stereocenters. The van der Waals surface area contributed by atoms with E-state index in [0.717, 1.165) is 49.4 Å². The van der Waals surface area contributed by atoms with E-state index in [4.69, 9.17) is 4.99 Å². The van der Waals surface area contributed by atoms with E-state index in [1.54, 1.807) is 5.57 Å². The number of nitrogens with zero attached hydrogens (tertiary/aromatic N) is 1. The van der Waals surface area contributed by atoms with Crippen LogP contribution < -0.4 is 0 Å². The topological polar surface area (TPSA) is 52.8 Å². The van der Waals surface area contributed by atoms with Gasteiger partial charge in [0.1, 0.15) is 0 Å². The van der Waals surface area contributed by atoms with Crippen LogP contribution in [0.4, 0.5) is 0 Å². The van der Waals surface area contributed by atoms with Crippen LogP contribution in [0, 0.1) is 40.4 Å². The van der Waals surface area contributed by atoms with Crippen molar-refractivity contribution < 1.29 is 10.2 Å². The van der Waals surface area contributed by atoms with Crippen LogP contribution in [0.15, 0.2) is 16.6 Å². The number of hydrogen-bond donors (Lipinski definition) is 2. The van der Waals surface area contributed by atoms with Gasteiger partial charge in [0.05, 0.1) is 18.2 Å². The fraction of sp³-hybridized carbons (Fsp3) is 0.889. The van der Waals surface area contributed by atoms with Gasteiger partial charge in [-0.25, -0.2) is 0 Å². The van der Waals surface area contributed by atoms with Gasteiger partial charge in [-0.1, -0.05) is 32.4 Å². The zero-order valence-corrected chi connectivity index (χ0v) is 19.7. The molecule has 0 aromatic heterocycles. The van der Waals surface area contributed by atoms with Crippen LogP contribution in [0.1, 0.15) is 91.9 Å². The van der Waals surface area contributed by atoms with Crippen molar-refractivity contribution in [1.29, 1.82) is 0 Å². The van der Waals surface area contributed by atoms with E-state index in [0.29, 0.717) is 23.3 Å². The second kappa shape index (κ2) is 7.17. The lowest BCUT2D eigenvalue weighted by Gasteiger charge is -2.58. The lowest BCUT2D eigenvalue weighted by Crippen LogP contribution is -2.51. The lowest BCUT2D eigenvalue weighted by atomic mass is 9.47. The summed E-state index contributed by atoms with van der Waals surface area (Å²) in [5, 5.41) is 20.5. The number of aliphatic hydroxyl groups is 2. The molecule has 0 spiro atoms. The van der Waals surface area contributed by atoms with Gasteiger partial charge in [-0.05, 0) is 112 Å². The number of aliphatic hydroxyl groups excluding tert-OH is 1. The Morgan fingerprint density at radius 2 is 1.83 bits per heavy atom. The summed E-state index contributed by atoms with van der Waals surface area (Å²) >= 11 is 0. The Morgan fingerprint density at radius 1 is 1.03 bits per heavy atom. The Hall–Kier alpha value is -0.670. The molecule has 0 bridgehead atoms. The van der Waals surface area contributed by atoms with Gasteiger partial charge < -0.3 is 10.2 Å². The number of aliphatic imine (C=N–C) groups is 1. The molecule has 9 atom stereocenters. The van der Waals surface area contributed by atoms with Crippen LogP contribution in [0.3, 0.4) is 0 Å². The molecule has 0 amide bonds. The molecule has 1 aliphatic heterocycles. The normalized spacial score (nSPS) is 51.9. The first-order chi connectivity index (χ1) is 14.1. The van der Waals surface area contributed by atoms with Crippen LogP contribution in [-0.2, 0) is 0 Å². The SMILES string of the molecule is C[C@H](C1=NC[C@](C)(O)CC1)[C@H]1CC[C@H]2[C@@H]3CC=C4C[C@@H](O)CC[C@]4(C)[C@H]3CC[C@@]12C. The highest BCUT2D eigenvalue weighted by Crippen LogP contribution is 2.67. The minimum Gasteiger partial charge on any atom is -0.393 e. The zero-order valence-electron chi connectivity index (χ0n) is 19.7. The van der Waals surface area contributed by atoms with E-state index in [-0.39, 0.29) is 6.10 Å². The first-order valence-corrected chi connectivity index (χ1v) is 12.8. The standard InChI is InChI=1S/C27H43NO2/c1-17(24-11-12-25(2,30)16-28-24)21-7-8-22-20-6-5-18-15-19(29)9-13-26(18,3)23(20)10-14-27(21,22)4/h5,17,19-23,29-30H,6-16H2,1-4H3/t17-,19-,20-,21+,22-,23-,25+,26-,27-/m0/s1. The van der Waals surface area contributed by atoms with Gasteiger partial charge in [0, 0.05) is 5.71 Å². The average Bonchev–Trinajstić information content (AvgIpc) is 3.05. The Labute approximate surface area is 183 Å². The minimum absolute atomic E-state index is 0.108. The molecule has 168 valence electrons. The summed E-state index contributed by atoms with van der Waals surface area (Å²) < 4.78 is 0. The average molecular weight is 414 g/mol. The third-order valence-electron chi connectivity index (χ3n) is 10.8. The highest BCUT2D eigenvalue weighted by atomic mass is 16.3. The summed E-state index contributed by atoms with van der Waals surface area (Å²) in [6, 6.07) is 0. The van der Waals surface area contributed by atoms with Crippen LogP contribution in [0.25, 0.3) is 0 Å². The largest absolute Gasteiger partial charge is 0.393 e. The molecule has 0 aromatic rings. The minimum atomic E-state index is -0.599. The molecule has 3 heteroatoms. The van der Waals surface area contributed by atoms with Gasteiger partial charge in [-0.3, -0.25) is 4.99 Å². The molecule has 1 heterocycles. The molecule has 5 aliphatic rings. The van der Waals surface area contributed by atoms with E-state index in [2.05, 4.69) is 26.8 Å². The molecule has 30 heavy (non-hydrogen) atoms. The summed E-state index contributed by atoms with van der Waals surface area (Å²) in [6.45, 7) is 10.1. The molecular formula is C27H43NO2. The lowest BCUT2D eigenvalue weighted by molar-refractivity contribution is -0.0533. The van der Waals surface area contributed by atoms with Crippen molar-refractivity contribution in [2.45, 2.75) is 104 Å². The number of hydrogen-bond acceptors (Lipinski definition) is 3. The molecular weight excluding hydrogens is 370 g/mol. The second-order valence-electron chi connectivity index (χ2n) is 12.5. The summed E-state index contributed by atoms with van der Waals surface area (Å²) in [6.07, 6.45) is 14.1. The quantitative estimate of drug-likeness (QED) is 0.583. The molecule has 4 aliphatic carbocycles. The van der Waals surface area contributed by atoms with Crippen molar-refractivity contribution in [2.75, 3.05) is 6.54 Å². The van der Waals surface area contributed by atoms with Crippen LogP contribution in [0.2, 0.25) is 0 Å². The molecule has 0 aromatic carbocycles. The Morgan fingerprint density at radius 3 is 2.57 bits per heavy atom. The third-order valence-corrected chi connectivity index (χ3v) is 10.8.